The molecule has 0 aliphatic heterocycles. The first-order valence-corrected chi connectivity index (χ1v) is 7.26. The highest BCUT2D eigenvalue weighted by molar-refractivity contribution is 6.88. The van der Waals surface area contributed by atoms with Crippen molar-refractivity contribution >= 4 is 13.3 Å². The van der Waals surface area contributed by atoms with Gasteiger partial charge in [0.2, 0.25) is 0 Å². The summed E-state index contributed by atoms with van der Waals surface area (Å²) < 4.78 is 12.7. The third kappa shape index (κ3) is 2.15. The molecule has 0 amide bonds. The summed E-state index contributed by atoms with van der Waals surface area (Å²) in [5, 5.41) is 1.18. The molecule has 0 saturated heterocycles. The molecule has 0 saturated carbocycles. The smallest absolute Gasteiger partial charge is 0.123 e. The molecule has 0 N–H and O–H groups in total. The van der Waals surface area contributed by atoms with Crippen molar-refractivity contribution in [2.24, 2.45) is 0 Å². The van der Waals surface area contributed by atoms with Crippen LogP contribution >= 0.6 is 0 Å². The third-order valence-electron chi connectivity index (χ3n) is 1.69. The Morgan fingerprint density at radius 1 is 1.18 bits per heavy atom. The van der Waals surface area contributed by atoms with Crippen molar-refractivity contribution in [2.45, 2.75) is 19.6 Å². The molecule has 1 aromatic rings. The van der Waals surface area contributed by atoms with E-state index in [1.54, 1.807) is 12.1 Å². The van der Waals surface area contributed by atoms with Crippen LogP contribution in [0.5, 0.6) is 0 Å². The minimum Gasteiger partial charge on any atom is -0.207 e. The molecule has 0 aromatic heterocycles. The molecule has 2 heteroatoms. The quantitative estimate of drug-likeness (QED) is 0.565. The van der Waals surface area contributed by atoms with Gasteiger partial charge in [-0.05, 0) is 12.1 Å². The van der Waals surface area contributed by atoms with E-state index >= 15 is 0 Å². The highest BCUT2D eigenvalue weighted by atomic mass is 28.3. The van der Waals surface area contributed by atoms with Crippen LogP contribution in [-0.2, 0) is 0 Å². The van der Waals surface area contributed by atoms with Crippen molar-refractivity contribution in [3.63, 3.8) is 0 Å². The van der Waals surface area contributed by atoms with Gasteiger partial charge >= 0.3 is 0 Å². The van der Waals surface area contributed by atoms with Crippen molar-refractivity contribution in [1.82, 2.24) is 0 Å². The maximum atomic E-state index is 12.7. The molecule has 60 valence electrons. The minimum atomic E-state index is -1.30. The summed E-state index contributed by atoms with van der Waals surface area (Å²) in [5.74, 6) is -0.120. The van der Waals surface area contributed by atoms with E-state index in [-0.39, 0.29) is 5.82 Å². The minimum absolute atomic E-state index is 0.120. The summed E-state index contributed by atoms with van der Waals surface area (Å²) >= 11 is 0. The maximum absolute atomic E-state index is 12.7. The van der Waals surface area contributed by atoms with Crippen molar-refractivity contribution in [3.8, 4) is 0 Å². The van der Waals surface area contributed by atoms with Gasteiger partial charge in [-0.3, -0.25) is 0 Å². The fourth-order valence-corrected chi connectivity index (χ4v) is 2.12. The highest BCUT2D eigenvalue weighted by Crippen LogP contribution is 2.03. The largest absolute Gasteiger partial charge is 0.207 e. The molecule has 0 fully saturated rings. The van der Waals surface area contributed by atoms with Crippen LogP contribution in [0.4, 0.5) is 4.39 Å². The van der Waals surface area contributed by atoms with Gasteiger partial charge in [0.15, 0.2) is 0 Å². The molecule has 0 bridgehead atoms. The first-order chi connectivity index (χ1) is 5.00. The Hall–Kier alpha value is -0.633. The number of hydrogen-bond acceptors (Lipinski definition) is 0. The number of benzene rings is 1. The molecule has 0 nitrogen and oxygen atoms in total. The lowest BCUT2D eigenvalue weighted by Gasteiger charge is -2.15. The van der Waals surface area contributed by atoms with Crippen molar-refractivity contribution < 1.29 is 4.39 Å². The van der Waals surface area contributed by atoms with Crippen LogP contribution in [0, 0.1) is 5.82 Å². The normalized spacial score (nSPS) is 11.6. The Balaban J connectivity index is 3.06. The SMILES string of the molecule is C[Si](C)(C)c1cccc(F)c1. The standard InChI is InChI=1S/C9H13FSi/c1-11(2,3)9-6-4-5-8(10)7-9/h4-7H,1-3H3. The van der Waals surface area contributed by atoms with Gasteiger partial charge in [-0.25, -0.2) is 4.39 Å². The highest BCUT2D eigenvalue weighted by Gasteiger charge is 2.15. The zero-order valence-corrected chi connectivity index (χ0v) is 8.19. The first kappa shape index (κ1) is 8.46. The predicted molar refractivity (Wildman–Crippen MR) is 49.4 cm³/mol. The molecular weight excluding hydrogens is 155 g/mol. The van der Waals surface area contributed by atoms with Crippen molar-refractivity contribution in [1.29, 1.82) is 0 Å². The van der Waals surface area contributed by atoms with Gasteiger partial charge in [-0.1, -0.05) is 37.0 Å². The van der Waals surface area contributed by atoms with Crippen LogP contribution in [0.15, 0.2) is 24.3 Å². The molecule has 0 radical (unpaired) electrons. The molecule has 1 rings (SSSR count). The van der Waals surface area contributed by atoms with Gasteiger partial charge in [0.25, 0.3) is 0 Å². The van der Waals surface area contributed by atoms with Crippen molar-refractivity contribution in [3.05, 3.63) is 30.1 Å². The number of rotatable bonds is 1. The third-order valence-corrected chi connectivity index (χ3v) is 3.73. The Labute approximate surface area is 68.1 Å². The van der Waals surface area contributed by atoms with E-state index in [2.05, 4.69) is 19.6 Å². The molecule has 1 aromatic carbocycles. The lowest BCUT2D eigenvalue weighted by Crippen LogP contribution is -2.37. The molecule has 0 aliphatic rings. The monoisotopic (exact) mass is 168 g/mol. The molecule has 11 heavy (non-hydrogen) atoms. The Morgan fingerprint density at radius 3 is 2.18 bits per heavy atom. The molecule has 0 unspecified atom stereocenters. The molecule has 0 spiro atoms. The lowest BCUT2D eigenvalue weighted by atomic mass is 10.3. The van der Waals surface area contributed by atoms with Crippen LogP contribution in [-0.4, -0.2) is 8.07 Å². The summed E-state index contributed by atoms with van der Waals surface area (Å²) in [6, 6.07) is 6.92. The Kier molecular flexibility index (Phi) is 2.14. The second-order valence-corrected chi connectivity index (χ2v) is 8.84. The van der Waals surface area contributed by atoms with Crippen LogP contribution in [0.2, 0.25) is 19.6 Å². The van der Waals surface area contributed by atoms with Gasteiger partial charge in [0, 0.05) is 0 Å². The van der Waals surface area contributed by atoms with E-state index in [1.807, 2.05) is 6.07 Å². The van der Waals surface area contributed by atoms with E-state index in [0.717, 1.165) is 0 Å². The summed E-state index contributed by atoms with van der Waals surface area (Å²) in [6.07, 6.45) is 0. The van der Waals surface area contributed by atoms with Crippen LogP contribution in [0.25, 0.3) is 0 Å². The first-order valence-electron chi connectivity index (χ1n) is 3.76. The number of hydrogen-bond donors (Lipinski definition) is 0. The van der Waals surface area contributed by atoms with Gasteiger partial charge in [-0.2, -0.15) is 0 Å². The Morgan fingerprint density at radius 2 is 1.82 bits per heavy atom. The van der Waals surface area contributed by atoms with Crippen LogP contribution < -0.4 is 5.19 Å². The fourth-order valence-electron chi connectivity index (χ4n) is 0.955. The average molecular weight is 168 g/mol. The predicted octanol–water partition coefficient (Wildman–Crippen LogP) is 2.37. The summed E-state index contributed by atoms with van der Waals surface area (Å²) in [4.78, 5) is 0. The maximum Gasteiger partial charge on any atom is 0.123 e. The van der Waals surface area contributed by atoms with Crippen LogP contribution in [0.1, 0.15) is 0 Å². The lowest BCUT2D eigenvalue weighted by molar-refractivity contribution is 0.629. The van der Waals surface area contributed by atoms with Gasteiger partial charge < -0.3 is 0 Å². The van der Waals surface area contributed by atoms with E-state index in [9.17, 15) is 4.39 Å². The zero-order chi connectivity index (χ0) is 8.48. The van der Waals surface area contributed by atoms with Crippen molar-refractivity contribution in [2.75, 3.05) is 0 Å². The molecule has 0 aliphatic carbocycles. The molecular formula is C9H13FSi. The average Bonchev–Trinajstić information content (AvgIpc) is 1.86. The summed E-state index contributed by atoms with van der Waals surface area (Å²) in [6.45, 7) is 6.63. The van der Waals surface area contributed by atoms with Gasteiger partial charge in [-0.15, -0.1) is 0 Å². The van der Waals surface area contributed by atoms with Gasteiger partial charge in [0.1, 0.15) is 5.82 Å². The van der Waals surface area contributed by atoms with Crippen LogP contribution in [0.3, 0.4) is 0 Å². The summed E-state index contributed by atoms with van der Waals surface area (Å²) in [7, 11) is -1.30. The second kappa shape index (κ2) is 2.78. The number of halogens is 1. The zero-order valence-electron chi connectivity index (χ0n) is 7.19. The summed E-state index contributed by atoms with van der Waals surface area (Å²) in [5.41, 5.74) is 0. The Bertz CT molecular complexity index is 250. The van der Waals surface area contributed by atoms with E-state index in [4.69, 9.17) is 0 Å². The topological polar surface area (TPSA) is 0 Å². The van der Waals surface area contributed by atoms with E-state index in [0.29, 0.717) is 0 Å². The fraction of sp³-hybridized carbons (Fsp3) is 0.333. The molecule has 0 atom stereocenters. The van der Waals surface area contributed by atoms with E-state index < -0.39 is 8.07 Å². The van der Waals surface area contributed by atoms with Gasteiger partial charge in [0.05, 0.1) is 8.07 Å². The van der Waals surface area contributed by atoms with E-state index in [1.165, 1.54) is 11.3 Å². The second-order valence-electron chi connectivity index (χ2n) is 3.76. The molecule has 0 heterocycles.